The topological polar surface area (TPSA) is 107 Å². The van der Waals surface area contributed by atoms with Gasteiger partial charge in [-0.1, -0.05) is 56.8 Å². The average molecular weight is 653 g/mol. The summed E-state index contributed by atoms with van der Waals surface area (Å²) >= 11 is 0. The maximum absolute atomic E-state index is 14.9. The third-order valence-electron chi connectivity index (χ3n) is 7.19. The summed E-state index contributed by atoms with van der Waals surface area (Å²) in [5, 5.41) is 11.1. The highest BCUT2D eigenvalue weighted by atomic mass is 32.2. The van der Waals surface area contributed by atoms with Crippen molar-refractivity contribution in [3.05, 3.63) is 107 Å². The summed E-state index contributed by atoms with van der Waals surface area (Å²) < 4.78 is 18.2. The van der Waals surface area contributed by atoms with Gasteiger partial charge in [0, 0.05) is 35.3 Å². The zero-order chi connectivity index (χ0) is 34.1. The highest BCUT2D eigenvalue weighted by Gasteiger charge is 2.20. The number of aromatic nitrogens is 6. The van der Waals surface area contributed by atoms with Crippen LogP contribution in [0.1, 0.15) is 63.6 Å². The maximum atomic E-state index is 14.9. The number of hydrogen-bond acceptors (Lipinski definition) is 6. The number of anilines is 1. The van der Waals surface area contributed by atoms with Crippen molar-refractivity contribution in [1.82, 2.24) is 34.9 Å². The van der Waals surface area contributed by atoms with Crippen LogP contribution in [0, 0.1) is 12.7 Å². The highest BCUT2D eigenvalue weighted by Crippen LogP contribution is 2.32. The summed E-state index contributed by atoms with van der Waals surface area (Å²) in [5.74, 6) is 8.37. The first-order valence-electron chi connectivity index (χ1n) is 15.7. The lowest BCUT2D eigenvalue weighted by atomic mass is 9.98. The van der Waals surface area contributed by atoms with E-state index in [0.717, 1.165) is 51.4 Å². The van der Waals surface area contributed by atoms with Crippen LogP contribution < -0.4 is 10.0 Å². The van der Waals surface area contributed by atoms with Crippen LogP contribution >= 0.6 is 9.39 Å². The van der Waals surface area contributed by atoms with Crippen LogP contribution in [0.5, 0.6) is 0 Å². The van der Waals surface area contributed by atoms with Crippen molar-refractivity contribution in [1.29, 1.82) is 0 Å². The van der Waals surface area contributed by atoms with Crippen molar-refractivity contribution in [2.45, 2.75) is 54.5 Å². The number of H-pyrrole nitrogens is 2. The number of imidazole rings is 1. The summed E-state index contributed by atoms with van der Waals surface area (Å²) in [5.41, 5.74) is 9.53. The molecule has 5 rings (SSSR count). The van der Waals surface area contributed by atoms with Gasteiger partial charge >= 0.3 is 0 Å². The Labute approximate surface area is 278 Å². The summed E-state index contributed by atoms with van der Waals surface area (Å²) in [6, 6.07) is 11.0. The highest BCUT2D eigenvalue weighted by molar-refractivity contribution is 8.25. The molecule has 0 fully saturated rings. The number of allylic oxidation sites excluding steroid dienone is 5. The minimum absolute atomic E-state index is 0.325. The van der Waals surface area contributed by atoms with Crippen molar-refractivity contribution in [2.75, 3.05) is 11.6 Å². The number of halogens is 1. The normalized spacial score (nSPS) is 12.4. The molecule has 0 atom stereocenters. The lowest BCUT2D eigenvalue weighted by Crippen LogP contribution is -2.08. The summed E-state index contributed by atoms with van der Waals surface area (Å²) in [6.07, 6.45) is 14.3. The van der Waals surface area contributed by atoms with E-state index in [-0.39, 0.29) is 5.82 Å². The van der Waals surface area contributed by atoms with Crippen molar-refractivity contribution in [2.24, 2.45) is 0 Å². The molecule has 4 aromatic heterocycles. The Hall–Kier alpha value is -4.80. The van der Waals surface area contributed by atoms with Crippen LogP contribution in [0.15, 0.2) is 78.8 Å². The fourth-order valence-electron chi connectivity index (χ4n) is 4.93. The Bertz CT molecular complexity index is 2050. The van der Waals surface area contributed by atoms with Crippen LogP contribution in [-0.4, -0.2) is 48.1 Å². The number of benzene rings is 1. The van der Waals surface area contributed by atoms with E-state index in [2.05, 4.69) is 54.9 Å². The van der Waals surface area contributed by atoms with Gasteiger partial charge in [-0.05, 0) is 81.0 Å². The van der Waals surface area contributed by atoms with Gasteiger partial charge < -0.3 is 10.3 Å². The second kappa shape index (κ2) is 15.7. The summed E-state index contributed by atoms with van der Waals surface area (Å²) in [4.78, 5) is 17.8. The number of nitrogens with zero attached hydrogens (tertiary/aromatic N) is 4. The molecule has 0 radical (unpaired) electrons. The predicted molar refractivity (Wildman–Crippen MR) is 201 cm³/mol. The van der Waals surface area contributed by atoms with Crippen LogP contribution in [0.3, 0.4) is 0 Å². The lowest BCUT2D eigenvalue weighted by Gasteiger charge is -2.13. The van der Waals surface area contributed by atoms with Crippen molar-refractivity contribution >= 4 is 43.4 Å². The van der Waals surface area contributed by atoms with Gasteiger partial charge in [0.15, 0.2) is 11.5 Å². The zero-order valence-electron chi connectivity index (χ0n) is 28.3. The Morgan fingerprint density at radius 1 is 1.06 bits per heavy atom. The van der Waals surface area contributed by atoms with Gasteiger partial charge in [-0.2, -0.15) is 14.5 Å². The SMILES string of the molecule is C=S(=C)(C)NCc1cc(F)cc(/C(=C/C=C\C)c2nc(-c3n[nH]c4ccc(-c5cncc(N/C(=C\C)CC)c5)nc34)[nH]c2C)c1.CC. The third kappa shape index (κ3) is 8.72. The standard InChI is InChI=1S/C35H39FN8S.C2H6/c1-8-11-12-29(24-15-23(16-26(36)17-24)19-38-45(5,6)7)32-22(4)39-35(42-32)34-33-31(43-44-34)14-13-30(41-33)25-18-28(21-37-20-25)40-27(9-2)10-3;1-2/h8-9,11-18,20-21,38,40H,5-6,10,19H2,1-4,7H3,(H,39,42)(H,43,44);1-2H3/b11-8-,27-9-,29-12-;. The average Bonchev–Trinajstić information content (AvgIpc) is 3.66. The predicted octanol–water partition coefficient (Wildman–Crippen LogP) is 8.92. The van der Waals surface area contributed by atoms with Crippen molar-refractivity contribution < 1.29 is 4.39 Å². The first-order chi connectivity index (χ1) is 22.6. The van der Waals surface area contributed by atoms with E-state index in [0.29, 0.717) is 34.8 Å². The number of hydrogen-bond donors (Lipinski definition) is 4. The van der Waals surface area contributed by atoms with Gasteiger partial charge in [0.1, 0.15) is 11.3 Å². The Morgan fingerprint density at radius 2 is 1.85 bits per heavy atom. The number of fused-ring (bicyclic) bond motifs is 1. The second-order valence-electron chi connectivity index (χ2n) is 11.0. The molecule has 0 aliphatic rings. The Balaban J connectivity index is 0.00000245. The minimum atomic E-state index is -1.45. The first-order valence-corrected chi connectivity index (χ1v) is 18.1. The molecule has 0 aliphatic heterocycles. The van der Waals surface area contributed by atoms with E-state index in [4.69, 9.17) is 9.97 Å². The van der Waals surface area contributed by atoms with Crippen molar-refractivity contribution in [3.8, 4) is 22.8 Å². The van der Waals surface area contributed by atoms with Crippen LogP contribution in [0.2, 0.25) is 0 Å². The summed E-state index contributed by atoms with van der Waals surface area (Å²) in [6.45, 7) is 12.5. The van der Waals surface area contributed by atoms with E-state index >= 15 is 0 Å². The monoisotopic (exact) mass is 652 g/mol. The zero-order valence-corrected chi connectivity index (χ0v) is 29.1. The Morgan fingerprint density at radius 3 is 2.55 bits per heavy atom. The maximum Gasteiger partial charge on any atom is 0.161 e. The molecule has 10 heteroatoms. The minimum Gasteiger partial charge on any atom is -0.358 e. The van der Waals surface area contributed by atoms with Gasteiger partial charge in [0.2, 0.25) is 0 Å². The number of aromatic amines is 2. The molecular formula is C37H45FN8S. The molecule has 4 N–H and O–H groups in total. The molecule has 8 nitrogen and oxygen atoms in total. The van der Waals surface area contributed by atoms with E-state index in [1.54, 1.807) is 12.4 Å². The van der Waals surface area contributed by atoms with Gasteiger partial charge in [-0.15, -0.1) is 0 Å². The molecule has 0 unspecified atom stereocenters. The third-order valence-corrected chi connectivity index (χ3v) is 8.03. The van der Waals surface area contributed by atoms with Gasteiger partial charge in [-0.3, -0.25) is 14.8 Å². The van der Waals surface area contributed by atoms with E-state index in [1.165, 1.54) is 12.1 Å². The number of rotatable bonds is 11. The molecule has 0 bridgehead atoms. The fourth-order valence-corrected chi connectivity index (χ4v) is 5.44. The number of pyridine rings is 2. The molecule has 0 amide bonds. The largest absolute Gasteiger partial charge is 0.358 e. The van der Waals surface area contributed by atoms with E-state index < -0.39 is 9.39 Å². The quantitative estimate of drug-likeness (QED) is 0.0839. The van der Waals surface area contributed by atoms with E-state index in [1.807, 2.05) is 83.4 Å². The molecule has 5 aromatic rings. The molecule has 1 aromatic carbocycles. The van der Waals surface area contributed by atoms with Crippen LogP contribution in [-0.2, 0) is 6.54 Å². The molecule has 0 spiro atoms. The van der Waals surface area contributed by atoms with Crippen LogP contribution in [0.4, 0.5) is 10.1 Å². The Kier molecular flexibility index (Phi) is 11.7. The molecule has 4 heterocycles. The molecule has 0 saturated heterocycles. The smallest absolute Gasteiger partial charge is 0.161 e. The van der Waals surface area contributed by atoms with Gasteiger partial charge in [-0.25, -0.2) is 14.4 Å². The van der Waals surface area contributed by atoms with Gasteiger partial charge in [0.05, 0.1) is 28.8 Å². The lowest BCUT2D eigenvalue weighted by molar-refractivity contribution is 0.624. The molecule has 246 valence electrons. The summed E-state index contributed by atoms with van der Waals surface area (Å²) in [7, 11) is -1.45. The van der Waals surface area contributed by atoms with E-state index in [9.17, 15) is 4.39 Å². The molecular weight excluding hydrogens is 608 g/mol. The number of aryl methyl sites for hydroxylation is 1. The molecule has 0 saturated carbocycles. The first kappa shape index (κ1) is 35.1. The number of nitrogens with one attached hydrogen (secondary N) is 4. The fraction of sp³-hybridized carbons (Fsp3) is 0.243. The molecule has 47 heavy (non-hydrogen) atoms. The van der Waals surface area contributed by atoms with Crippen molar-refractivity contribution in [3.63, 3.8) is 0 Å². The van der Waals surface area contributed by atoms with Crippen LogP contribution in [0.25, 0.3) is 39.4 Å². The second-order valence-corrected chi connectivity index (χ2v) is 13.9. The molecule has 0 aliphatic carbocycles. The van der Waals surface area contributed by atoms with Gasteiger partial charge in [0.25, 0.3) is 0 Å².